The number of nitro benzene ring substituents is 1. The van der Waals surface area contributed by atoms with Crippen LogP contribution in [0.1, 0.15) is 12.5 Å². The maximum absolute atomic E-state index is 11.5. The van der Waals surface area contributed by atoms with Crippen molar-refractivity contribution in [1.82, 2.24) is 14.9 Å². The zero-order valence-corrected chi connectivity index (χ0v) is 13.6. The van der Waals surface area contributed by atoms with Gasteiger partial charge in [0.2, 0.25) is 0 Å². The molecule has 0 aliphatic carbocycles. The minimum atomic E-state index is -4.40. The van der Waals surface area contributed by atoms with Crippen molar-refractivity contribution in [3.63, 3.8) is 0 Å². The first kappa shape index (κ1) is 18.0. The van der Waals surface area contributed by atoms with E-state index in [-0.39, 0.29) is 28.8 Å². The first-order chi connectivity index (χ1) is 11.0. The van der Waals surface area contributed by atoms with Crippen LogP contribution >= 0.6 is 7.60 Å². The molecule has 1 atom stereocenters. The standard InChI is InChI=1S/C12H15N4O7P/c1-6(24(21,22)23)15(2)5-7-3-8(16(19)20)4-9-10(7)14-12(18)11(17)13-9/h3-4,6H,5H2,1-2H3,(H,13,17)(H,14,18)(H2,21,22,23). The second-order valence-electron chi connectivity index (χ2n) is 5.33. The average Bonchev–Trinajstić information content (AvgIpc) is 2.46. The average molecular weight is 358 g/mol. The van der Waals surface area contributed by atoms with Gasteiger partial charge in [0.05, 0.1) is 16.0 Å². The number of nitrogens with one attached hydrogen (secondary N) is 2. The van der Waals surface area contributed by atoms with Crippen molar-refractivity contribution < 1.29 is 19.3 Å². The predicted octanol–water partition coefficient (Wildman–Crippen LogP) is 0.0801. The van der Waals surface area contributed by atoms with Gasteiger partial charge in [-0.25, -0.2) is 0 Å². The Labute approximate surface area is 134 Å². The van der Waals surface area contributed by atoms with Crippen LogP contribution in [-0.2, 0) is 11.1 Å². The SMILES string of the molecule is CC(N(C)Cc1cc([N+](=O)[O-])cc2[nH]c(=O)c(=O)[nH]c12)P(=O)(O)O. The predicted molar refractivity (Wildman–Crippen MR) is 84.8 cm³/mol. The van der Waals surface area contributed by atoms with Crippen molar-refractivity contribution in [3.8, 4) is 0 Å². The highest BCUT2D eigenvalue weighted by Crippen LogP contribution is 2.42. The van der Waals surface area contributed by atoms with Gasteiger partial charge in [-0.3, -0.25) is 29.2 Å². The molecule has 11 nitrogen and oxygen atoms in total. The molecule has 12 heteroatoms. The van der Waals surface area contributed by atoms with Crippen molar-refractivity contribution in [3.05, 3.63) is 48.5 Å². The first-order valence-electron chi connectivity index (χ1n) is 6.70. The molecule has 0 radical (unpaired) electrons. The number of nitrogens with zero attached hydrogens (tertiary/aromatic N) is 2. The van der Waals surface area contributed by atoms with Gasteiger partial charge in [-0.1, -0.05) is 0 Å². The molecule has 1 aromatic heterocycles. The van der Waals surface area contributed by atoms with Crippen LogP contribution in [0.5, 0.6) is 0 Å². The van der Waals surface area contributed by atoms with Crippen LogP contribution in [0.2, 0.25) is 0 Å². The zero-order valence-electron chi connectivity index (χ0n) is 12.7. The van der Waals surface area contributed by atoms with Gasteiger partial charge in [0.1, 0.15) is 5.78 Å². The lowest BCUT2D eigenvalue weighted by atomic mass is 10.1. The zero-order chi connectivity index (χ0) is 18.2. The maximum Gasteiger partial charge on any atom is 0.342 e. The third-order valence-corrected chi connectivity index (χ3v) is 5.02. The van der Waals surface area contributed by atoms with Gasteiger partial charge >= 0.3 is 18.7 Å². The minimum absolute atomic E-state index is 0.0565. The van der Waals surface area contributed by atoms with E-state index in [1.807, 2.05) is 0 Å². The highest BCUT2D eigenvalue weighted by atomic mass is 31.2. The van der Waals surface area contributed by atoms with E-state index in [4.69, 9.17) is 0 Å². The molecule has 1 heterocycles. The number of nitro groups is 1. The smallest absolute Gasteiger partial charge is 0.323 e. The van der Waals surface area contributed by atoms with Crippen molar-refractivity contribution in [2.45, 2.75) is 19.3 Å². The first-order valence-corrected chi connectivity index (χ1v) is 8.38. The Morgan fingerprint density at radius 2 is 1.88 bits per heavy atom. The fourth-order valence-electron chi connectivity index (χ4n) is 2.17. The third kappa shape index (κ3) is 3.60. The van der Waals surface area contributed by atoms with E-state index in [0.717, 1.165) is 6.07 Å². The second kappa shape index (κ2) is 6.29. The molecule has 1 unspecified atom stereocenters. The number of rotatable bonds is 5. The molecule has 0 aliphatic heterocycles. The van der Waals surface area contributed by atoms with E-state index in [2.05, 4.69) is 9.97 Å². The molecule has 2 aromatic rings. The van der Waals surface area contributed by atoms with Crippen LogP contribution in [0.3, 0.4) is 0 Å². The quantitative estimate of drug-likeness (QED) is 0.252. The molecule has 0 saturated carbocycles. The molecule has 0 amide bonds. The van der Waals surface area contributed by atoms with Crippen LogP contribution in [-0.4, -0.2) is 42.4 Å². The largest absolute Gasteiger partial charge is 0.342 e. The van der Waals surface area contributed by atoms with E-state index < -0.39 is 29.4 Å². The van der Waals surface area contributed by atoms with Gasteiger partial charge < -0.3 is 19.8 Å². The molecule has 24 heavy (non-hydrogen) atoms. The maximum atomic E-state index is 11.5. The van der Waals surface area contributed by atoms with Crippen LogP contribution < -0.4 is 11.1 Å². The van der Waals surface area contributed by atoms with Crippen LogP contribution in [0.15, 0.2) is 21.7 Å². The number of fused-ring (bicyclic) bond motifs is 1. The summed E-state index contributed by atoms with van der Waals surface area (Å²) >= 11 is 0. The number of hydrogen-bond donors (Lipinski definition) is 4. The van der Waals surface area contributed by atoms with Gasteiger partial charge in [-0.15, -0.1) is 0 Å². The van der Waals surface area contributed by atoms with Crippen LogP contribution in [0, 0.1) is 10.1 Å². The summed E-state index contributed by atoms with van der Waals surface area (Å²) in [5, 5.41) is 11.0. The van der Waals surface area contributed by atoms with Crippen molar-refractivity contribution in [2.75, 3.05) is 7.05 Å². The molecule has 0 spiro atoms. The minimum Gasteiger partial charge on any atom is -0.323 e. The van der Waals surface area contributed by atoms with Gasteiger partial charge in [-0.05, 0) is 19.5 Å². The highest BCUT2D eigenvalue weighted by molar-refractivity contribution is 7.52. The Balaban J connectivity index is 2.61. The molecule has 1 aromatic carbocycles. The number of non-ortho nitro benzene ring substituents is 1. The second-order valence-corrected chi connectivity index (χ2v) is 7.25. The Morgan fingerprint density at radius 1 is 1.29 bits per heavy atom. The lowest BCUT2D eigenvalue weighted by Gasteiger charge is -2.25. The Kier molecular flexibility index (Phi) is 4.72. The summed E-state index contributed by atoms with van der Waals surface area (Å²) in [6, 6.07) is 2.28. The normalized spacial score (nSPS) is 13.4. The van der Waals surface area contributed by atoms with Crippen LogP contribution in [0.4, 0.5) is 5.69 Å². The monoisotopic (exact) mass is 358 g/mol. The molecule has 130 valence electrons. The lowest BCUT2D eigenvalue weighted by Crippen LogP contribution is -2.31. The lowest BCUT2D eigenvalue weighted by molar-refractivity contribution is -0.384. The number of H-pyrrole nitrogens is 2. The fourth-order valence-corrected chi connectivity index (χ4v) is 2.76. The number of aromatic nitrogens is 2. The number of hydrogen-bond acceptors (Lipinski definition) is 6. The van der Waals surface area contributed by atoms with Crippen LogP contribution in [0.25, 0.3) is 11.0 Å². The molecule has 2 rings (SSSR count). The summed E-state index contributed by atoms with van der Waals surface area (Å²) in [5.74, 6) is -1.14. The summed E-state index contributed by atoms with van der Waals surface area (Å²) in [5.41, 5.74) is -1.74. The molecule has 0 saturated heterocycles. The molecular weight excluding hydrogens is 343 g/mol. The molecule has 4 N–H and O–H groups in total. The van der Waals surface area contributed by atoms with Gasteiger partial charge in [0.25, 0.3) is 5.69 Å². The molecule has 0 bridgehead atoms. The summed E-state index contributed by atoms with van der Waals surface area (Å²) in [6.07, 6.45) is 0. The number of aromatic amines is 2. The summed E-state index contributed by atoms with van der Waals surface area (Å²) in [6.45, 7) is 1.22. The summed E-state index contributed by atoms with van der Waals surface area (Å²) in [7, 11) is -2.97. The fraction of sp³-hybridized carbons (Fsp3) is 0.333. The Hall–Kier alpha value is -2.33. The van der Waals surface area contributed by atoms with E-state index in [1.165, 1.54) is 24.9 Å². The summed E-state index contributed by atoms with van der Waals surface area (Å²) < 4.78 is 11.3. The number of benzene rings is 1. The molecular formula is C12H15N4O7P. The molecule has 0 aliphatic rings. The van der Waals surface area contributed by atoms with E-state index in [9.17, 15) is 34.1 Å². The topological polar surface area (TPSA) is 170 Å². The summed E-state index contributed by atoms with van der Waals surface area (Å²) in [4.78, 5) is 57.6. The third-order valence-electron chi connectivity index (χ3n) is 3.65. The van der Waals surface area contributed by atoms with E-state index in [0.29, 0.717) is 0 Å². The van der Waals surface area contributed by atoms with Gasteiger partial charge in [-0.2, -0.15) is 0 Å². The highest BCUT2D eigenvalue weighted by Gasteiger charge is 2.28. The van der Waals surface area contributed by atoms with Crippen molar-refractivity contribution >= 4 is 24.3 Å². The Morgan fingerprint density at radius 3 is 2.42 bits per heavy atom. The van der Waals surface area contributed by atoms with E-state index >= 15 is 0 Å². The van der Waals surface area contributed by atoms with Gasteiger partial charge in [0.15, 0.2) is 0 Å². The Bertz CT molecular complexity index is 960. The van der Waals surface area contributed by atoms with Crippen molar-refractivity contribution in [2.24, 2.45) is 0 Å². The van der Waals surface area contributed by atoms with Crippen molar-refractivity contribution in [1.29, 1.82) is 0 Å². The van der Waals surface area contributed by atoms with E-state index in [1.54, 1.807) is 0 Å². The molecule has 0 fully saturated rings. The van der Waals surface area contributed by atoms with Gasteiger partial charge in [0, 0.05) is 18.7 Å².